The molecule has 1 aliphatic heterocycles. The molecule has 2 N–H and O–H groups in total. The lowest BCUT2D eigenvalue weighted by Crippen LogP contribution is -2.45. The van der Waals surface area contributed by atoms with E-state index in [1.807, 2.05) is 6.07 Å². The van der Waals surface area contributed by atoms with Crippen LogP contribution in [0.3, 0.4) is 0 Å². The zero-order chi connectivity index (χ0) is 13.5. The van der Waals surface area contributed by atoms with E-state index in [1.165, 1.54) is 18.9 Å². The van der Waals surface area contributed by atoms with E-state index in [1.54, 1.807) is 12.1 Å². The Labute approximate surface area is 113 Å². The molecular formula is C15H21FN2O. The van der Waals surface area contributed by atoms with Crippen molar-refractivity contribution in [3.63, 3.8) is 0 Å². The van der Waals surface area contributed by atoms with Gasteiger partial charge in [-0.25, -0.2) is 4.39 Å². The minimum Gasteiger partial charge on any atom is -0.394 e. The summed E-state index contributed by atoms with van der Waals surface area (Å²) in [6.07, 6.45) is 3.37. The largest absolute Gasteiger partial charge is 0.394 e. The predicted octanol–water partition coefficient (Wildman–Crippen LogP) is 2.23. The highest BCUT2D eigenvalue weighted by atomic mass is 19.1. The summed E-state index contributed by atoms with van der Waals surface area (Å²) >= 11 is 0. The molecule has 0 amide bonds. The Hall–Kier alpha value is -1.13. The number of rotatable bonds is 4. The monoisotopic (exact) mass is 264 g/mol. The molecule has 1 aromatic rings. The normalized spacial score (nSPS) is 31.6. The van der Waals surface area contributed by atoms with E-state index in [9.17, 15) is 9.50 Å². The van der Waals surface area contributed by atoms with Crippen LogP contribution in [0.25, 0.3) is 0 Å². The lowest BCUT2D eigenvalue weighted by molar-refractivity contribution is 0.201. The quantitative estimate of drug-likeness (QED) is 0.875. The lowest BCUT2D eigenvalue weighted by Gasteiger charge is -2.30. The fourth-order valence-electron chi connectivity index (χ4n) is 3.24. The first kappa shape index (κ1) is 12.9. The number of hydrogen-bond donors (Lipinski definition) is 2. The van der Waals surface area contributed by atoms with Gasteiger partial charge in [-0.05, 0) is 38.3 Å². The molecule has 1 aliphatic carbocycles. The van der Waals surface area contributed by atoms with Crippen LogP contribution >= 0.6 is 0 Å². The summed E-state index contributed by atoms with van der Waals surface area (Å²) in [6.45, 7) is 3.03. The molecule has 1 saturated carbocycles. The van der Waals surface area contributed by atoms with E-state index in [0.29, 0.717) is 17.8 Å². The number of hydrogen-bond acceptors (Lipinski definition) is 3. The first-order valence-electron chi connectivity index (χ1n) is 7.03. The standard InChI is InChI=1S/C15H21FN2O/c1-11-8-15(10-19,9-18(11)12-6-7-12)17-14-5-3-2-4-13(14)16/h2-5,11-12,17,19H,6-10H2,1H3. The average molecular weight is 264 g/mol. The first-order chi connectivity index (χ1) is 9.13. The maximum atomic E-state index is 13.8. The van der Waals surface area contributed by atoms with Crippen LogP contribution in [0.15, 0.2) is 24.3 Å². The van der Waals surface area contributed by atoms with E-state index in [4.69, 9.17) is 0 Å². The molecule has 0 aromatic heterocycles. The van der Waals surface area contributed by atoms with E-state index in [2.05, 4.69) is 17.1 Å². The molecule has 3 nitrogen and oxygen atoms in total. The fourth-order valence-corrected chi connectivity index (χ4v) is 3.24. The van der Waals surface area contributed by atoms with E-state index < -0.39 is 5.54 Å². The molecule has 0 spiro atoms. The third-order valence-corrected chi connectivity index (χ3v) is 4.33. The van der Waals surface area contributed by atoms with Crippen molar-refractivity contribution < 1.29 is 9.50 Å². The van der Waals surface area contributed by atoms with Crippen LogP contribution in [0, 0.1) is 5.82 Å². The van der Waals surface area contributed by atoms with Crippen LogP contribution in [-0.4, -0.2) is 40.8 Å². The van der Waals surface area contributed by atoms with E-state index in [-0.39, 0.29) is 12.4 Å². The predicted molar refractivity (Wildman–Crippen MR) is 73.6 cm³/mol. The van der Waals surface area contributed by atoms with Gasteiger partial charge in [-0.15, -0.1) is 0 Å². The highest BCUT2D eigenvalue weighted by molar-refractivity contribution is 5.47. The highest BCUT2D eigenvalue weighted by Gasteiger charge is 2.46. The van der Waals surface area contributed by atoms with Crippen molar-refractivity contribution in [1.29, 1.82) is 0 Å². The Balaban J connectivity index is 1.79. The number of benzene rings is 1. The van der Waals surface area contributed by atoms with Crippen LogP contribution in [0.4, 0.5) is 10.1 Å². The average Bonchev–Trinajstić information content (AvgIpc) is 3.18. The highest BCUT2D eigenvalue weighted by Crippen LogP contribution is 2.38. The van der Waals surface area contributed by atoms with Gasteiger partial charge < -0.3 is 10.4 Å². The van der Waals surface area contributed by atoms with Gasteiger partial charge in [0.25, 0.3) is 0 Å². The molecule has 2 aliphatic rings. The minimum atomic E-state index is -0.412. The van der Waals surface area contributed by atoms with Gasteiger partial charge >= 0.3 is 0 Å². The second kappa shape index (κ2) is 4.76. The molecule has 1 aromatic carbocycles. The topological polar surface area (TPSA) is 35.5 Å². The van der Waals surface area contributed by atoms with Gasteiger partial charge in [0.05, 0.1) is 17.8 Å². The smallest absolute Gasteiger partial charge is 0.146 e. The van der Waals surface area contributed by atoms with Crippen molar-refractivity contribution in [3.8, 4) is 0 Å². The van der Waals surface area contributed by atoms with Crippen LogP contribution in [0.5, 0.6) is 0 Å². The number of nitrogens with zero attached hydrogens (tertiary/aromatic N) is 1. The fraction of sp³-hybridized carbons (Fsp3) is 0.600. The molecule has 19 heavy (non-hydrogen) atoms. The van der Waals surface area contributed by atoms with Gasteiger partial charge in [-0.2, -0.15) is 0 Å². The molecule has 4 heteroatoms. The second-order valence-electron chi connectivity index (χ2n) is 6.00. The number of anilines is 1. The summed E-state index contributed by atoms with van der Waals surface area (Å²) in [5, 5.41) is 13.0. The van der Waals surface area contributed by atoms with Crippen LogP contribution in [-0.2, 0) is 0 Å². The van der Waals surface area contributed by atoms with Gasteiger partial charge in [-0.3, -0.25) is 4.90 Å². The second-order valence-corrected chi connectivity index (χ2v) is 6.00. The van der Waals surface area contributed by atoms with Crippen LogP contribution in [0.1, 0.15) is 26.2 Å². The molecule has 3 rings (SSSR count). The Bertz CT molecular complexity index is 463. The van der Waals surface area contributed by atoms with E-state index in [0.717, 1.165) is 13.0 Å². The maximum Gasteiger partial charge on any atom is 0.146 e. The minimum absolute atomic E-state index is 0.0366. The van der Waals surface area contributed by atoms with Crippen molar-refractivity contribution >= 4 is 5.69 Å². The number of likely N-dealkylation sites (tertiary alicyclic amines) is 1. The summed E-state index contributed by atoms with van der Waals surface area (Å²) in [6, 6.07) is 7.79. The molecule has 1 heterocycles. The summed E-state index contributed by atoms with van der Waals surface area (Å²) in [7, 11) is 0. The lowest BCUT2D eigenvalue weighted by atomic mass is 9.97. The first-order valence-corrected chi connectivity index (χ1v) is 7.03. The van der Waals surface area contributed by atoms with Gasteiger partial charge in [0.2, 0.25) is 0 Å². The van der Waals surface area contributed by atoms with Gasteiger partial charge in [0, 0.05) is 18.6 Å². The molecule has 2 atom stereocenters. The molecule has 2 fully saturated rings. The Morgan fingerprint density at radius 2 is 2.16 bits per heavy atom. The summed E-state index contributed by atoms with van der Waals surface area (Å²) in [4.78, 5) is 2.45. The molecule has 0 bridgehead atoms. The number of para-hydroxylation sites is 1. The Morgan fingerprint density at radius 3 is 2.79 bits per heavy atom. The third-order valence-electron chi connectivity index (χ3n) is 4.33. The summed E-state index contributed by atoms with van der Waals surface area (Å²) in [5.74, 6) is -0.257. The number of halogens is 1. The van der Waals surface area contributed by atoms with E-state index >= 15 is 0 Å². The van der Waals surface area contributed by atoms with Gasteiger partial charge in [0.15, 0.2) is 0 Å². The van der Waals surface area contributed by atoms with Crippen molar-refractivity contribution in [2.75, 3.05) is 18.5 Å². The summed E-state index contributed by atoms with van der Waals surface area (Å²) < 4.78 is 13.8. The SMILES string of the molecule is CC1CC(CO)(Nc2ccccc2F)CN1C1CC1. The molecule has 2 unspecified atom stereocenters. The van der Waals surface area contributed by atoms with Crippen molar-refractivity contribution in [1.82, 2.24) is 4.90 Å². The third kappa shape index (κ3) is 2.47. The van der Waals surface area contributed by atoms with Crippen molar-refractivity contribution in [2.24, 2.45) is 0 Å². The maximum absolute atomic E-state index is 13.8. The molecular weight excluding hydrogens is 243 g/mol. The Morgan fingerprint density at radius 1 is 1.42 bits per heavy atom. The molecule has 104 valence electrons. The van der Waals surface area contributed by atoms with Crippen molar-refractivity contribution in [3.05, 3.63) is 30.1 Å². The zero-order valence-corrected chi connectivity index (χ0v) is 11.3. The molecule has 0 radical (unpaired) electrons. The van der Waals surface area contributed by atoms with Gasteiger partial charge in [0.1, 0.15) is 5.82 Å². The van der Waals surface area contributed by atoms with Crippen LogP contribution < -0.4 is 5.32 Å². The Kier molecular flexibility index (Phi) is 3.23. The van der Waals surface area contributed by atoms with Gasteiger partial charge in [-0.1, -0.05) is 12.1 Å². The molecule has 1 saturated heterocycles. The zero-order valence-electron chi connectivity index (χ0n) is 11.3. The summed E-state index contributed by atoms with van der Waals surface area (Å²) in [5.41, 5.74) is 0.0749. The van der Waals surface area contributed by atoms with Crippen LogP contribution in [0.2, 0.25) is 0 Å². The number of aliphatic hydroxyl groups excluding tert-OH is 1. The van der Waals surface area contributed by atoms with Crippen molar-refractivity contribution in [2.45, 2.75) is 43.8 Å². The number of nitrogens with one attached hydrogen (secondary N) is 1. The number of aliphatic hydroxyl groups is 1.